The summed E-state index contributed by atoms with van der Waals surface area (Å²) in [6, 6.07) is 8.75. The molecule has 1 fully saturated rings. The van der Waals surface area contributed by atoms with Gasteiger partial charge >= 0.3 is 6.18 Å². The van der Waals surface area contributed by atoms with Gasteiger partial charge in [-0.2, -0.15) is 13.2 Å². The van der Waals surface area contributed by atoms with Gasteiger partial charge in [-0.1, -0.05) is 24.3 Å². The monoisotopic (exact) mass is 551 g/mol. The summed E-state index contributed by atoms with van der Waals surface area (Å²) < 4.78 is 101. The molecule has 2 heterocycles. The largest absolute Gasteiger partial charge is 0.416 e. The second-order valence-electron chi connectivity index (χ2n) is 9.38. The van der Waals surface area contributed by atoms with E-state index in [2.05, 4.69) is 19.9 Å². The van der Waals surface area contributed by atoms with Crippen LogP contribution < -0.4 is 4.72 Å². The number of sulfonamides is 1. The van der Waals surface area contributed by atoms with Crippen molar-refractivity contribution in [1.82, 2.24) is 24.5 Å². The molecule has 0 saturated heterocycles. The number of aromatic nitrogens is 4. The summed E-state index contributed by atoms with van der Waals surface area (Å²) in [7, 11) is -4.62. The molecule has 1 N–H and O–H groups in total. The molecule has 38 heavy (non-hydrogen) atoms. The lowest BCUT2D eigenvalue weighted by Crippen LogP contribution is -2.45. The summed E-state index contributed by atoms with van der Waals surface area (Å²) in [6.07, 6.45) is -3.41. The van der Waals surface area contributed by atoms with E-state index in [1.807, 2.05) is 0 Å². The standard InChI is InChI=1S/C25H22F5N5O2S/c1-15-33-32-14-35(15)20-11-19(12-24(26,27)13-20)34-38(36,37)21-9-17(8-18(10-21)25(28,29)30)22-6-2-4-16-5-3-7-31-23(16)22/h2-10,14,19-20,34H,11-13H2,1H3/t19-,20+/m1/s1. The SMILES string of the molecule is Cc1nncn1[C@H]1C[C@@H](NS(=O)(=O)c2cc(-c3cccc4cccnc34)cc(C(F)(F)F)c2)CC(F)(F)C1. The quantitative estimate of drug-likeness (QED) is 0.330. The first-order valence-electron chi connectivity index (χ1n) is 11.7. The Balaban J connectivity index is 1.54. The predicted octanol–water partition coefficient (Wildman–Crippen LogP) is 5.53. The Morgan fingerprint density at radius 1 is 1.08 bits per heavy atom. The third kappa shape index (κ3) is 5.25. The van der Waals surface area contributed by atoms with Crippen molar-refractivity contribution in [3.63, 3.8) is 0 Å². The molecule has 0 aliphatic heterocycles. The molecule has 13 heteroatoms. The summed E-state index contributed by atoms with van der Waals surface area (Å²) in [5.74, 6) is -2.82. The highest BCUT2D eigenvalue weighted by molar-refractivity contribution is 7.89. The van der Waals surface area contributed by atoms with E-state index in [0.717, 1.165) is 12.1 Å². The number of rotatable bonds is 5. The molecule has 2 atom stereocenters. The summed E-state index contributed by atoms with van der Waals surface area (Å²) in [6.45, 7) is 1.59. The molecule has 7 nitrogen and oxygen atoms in total. The van der Waals surface area contributed by atoms with E-state index >= 15 is 0 Å². The second-order valence-corrected chi connectivity index (χ2v) is 11.1. The third-order valence-electron chi connectivity index (χ3n) is 6.59. The van der Waals surface area contributed by atoms with Crippen molar-refractivity contribution in [2.45, 2.75) is 55.3 Å². The minimum atomic E-state index is -4.85. The number of hydrogen-bond donors (Lipinski definition) is 1. The molecular weight excluding hydrogens is 529 g/mol. The Morgan fingerprint density at radius 3 is 2.55 bits per heavy atom. The smallest absolute Gasteiger partial charge is 0.314 e. The lowest BCUT2D eigenvalue weighted by molar-refractivity contribution is -0.137. The van der Waals surface area contributed by atoms with Crippen LogP contribution in [0.5, 0.6) is 0 Å². The van der Waals surface area contributed by atoms with Crippen LogP contribution in [0.15, 0.2) is 66.0 Å². The fraction of sp³-hybridized carbons (Fsp3) is 0.320. The Bertz CT molecular complexity index is 1600. The van der Waals surface area contributed by atoms with Crippen molar-refractivity contribution < 1.29 is 30.4 Å². The van der Waals surface area contributed by atoms with Gasteiger partial charge < -0.3 is 4.57 Å². The highest BCUT2D eigenvalue weighted by Gasteiger charge is 2.44. The Hall–Kier alpha value is -3.45. The van der Waals surface area contributed by atoms with E-state index in [0.29, 0.717) is 28.4 Å². The maximum absolute atomic E-state index is 14.6. The number of pyridine rings is 1. The van der Waals surface area contributed by atoms with Crippen molar-refractivity contribution in [3.05, 3.63) is 72.4 Å². The van der Waals surface area contributed by atoms with E-state index in [1.54, 1.807) is 37.3 Å². The number of halogens is 5. The molecular formula is C25H22F5N5O2S. The fourth-order valence-corrected chi connectivity index (χ4v) is 6.26. The predicted molar refractivity (Wildman–Crippen MR) is 129 cm³/mol. The zero-order valence-corrected chi connectivity index (χ0v) is 20.8. The van der Waals surface area contributed by atoms with Crippen LogP contribution in [0.25, 0.3) is 22.0 Å². The van der Waals surface area contributed by atoms with Gasteiger partial charge in [-0.3, -0.25) is 4.98 Å². The van der Waals surface area contributed by atoms with E-state index in [1.165, 1.54) is 17.1 Å². The van der Waals surface area contributed by atoms with Crippen LogP contribution in [0.4, 0.5) is 22.0 Å². The zero-order chi connectivity index (χ0) is 27.3. The van der Waals surface area contributed by atoms with Crippen LogP contribution in [0, 0.1) is 6.92 Å². The molecule has 0 bridgehead atoms. The first-order chi connectivity index (χ1) is 17.8. The molecule has 0 radical (unpaired) electrons. The van der Waals surface area contributed by atoms with Gasteiger partial charge in [0.25, 0.3) is 5.92 Å². The number of benzene rings is 2. The van der Waals surface area contributed by atoms with Crippen LogP contribution in [0.2, 0.25) is 0 Å². The van der Waals surface area contributed by atoms with E-state index < -0.39 is 57.5 Å². The van der Waals surface area contributed by atoms with Gasteiger partial charge in [0.1, 0.15) is 12.2 Å². The summed E-state index contributed by atoms with van der Waals surface area (Å²) >= 11 is 0. The zero-order valence-electron chi connectivity index (χ0n) is 20.0. The summed E-state index contributed by atoms with van der Waals surface area (Å²) in [5, 5.41) is 8.16. The molecule has 0 amide bonds. The van der Waals surface area contributed by atoms with Crippen molar-refractivity contribution in [3.8, 4) is 11.1 Å². The number of nitrogens with one attached hydrogen (secondary N) is 1. The van der Waals surface area contributed by atoms with Gasteiger partial charge in [0, 0.05) is 42.1 Å². The highest BCUT2D eigenvalue weighted by Crippen LogP contribution is 2.41. The van der Waals surface area contributed by atoms with Crippen molar-refractivity contribution in [2.24, 2.45) is 0 Å². The lowest BCUT2D eigenvalue weighted by Gasteiger charge is -2.35. The number of aryl methyl sites for hydroxylation is 1. The molecule has 0 spiro atoms. The number of fused-ring (bicyclic) bond motifs is 1. The maximum atomic E-state index is 14.6. The van der Waals surface area contributed by atoms with Gasteiger partial charge in [-0.25, -0.2) is 21.9 Å². The average Bonchev–Trinajstić information content (AvgIpc) is 3.27. The topological polar surface area (TPSA) is 89.8 Å². The minimum absolute atomic E-state index is 0.00718. The maximum Gasteiger partial charge on any atom is 0.416 e. The summed E-state index contributed by atoms with van der Waals surface area (Å²) in [4.78, 5) is 3.57. The van der Waals surface area contributed by atoms with E-state index in [4.69, 9.17) is 0 Å². The first kappa shape index (κ1) is 26.2. The molecule has 200 valence electrons. The minimum Gasteiger partial charge on any atom is -0.314 e. The van der Waals surface area contributed by atoms with E-state index in [9.17, 15) is 30.4 Å². The van der Waals surface area contributed by atoms with Crippen LogP contribution >= 0.6 is 0 Å². The lowest BCUT2D eigenvalue weighted by atomic mass is 9.88. The molecule has 1 aliphatic rings. The molecule has 5 rings (SSSR count). The molecule has 1 saturated carbocycles. The van der Waals surface area contributed by atoms with Gasteiger partial charge in [-0.05, 0) is 43.2 Å². The van der Waals surface area contributed by atoms with Crippen molar-refractivity contribution in [2.75, 3.05) is 0 Å². The Kier molecular flexibility index (Phi) is 6.46. The van der Waals surface area contributed by atoms with Crippen molar-refractivity contribution in [1.29, 1.82) is 0 Å². The van der Waals surface area contributed by atoms with Gasteiger partial charge in [-0.15, -0.1) is 10.2 Å². The number of alkyl halides is 5. The van der Waals surface area contributed by atoms with Crippen LogP contribution in [-0.2, 0) is 16.2 Å². The molecule has 2 aromatic heterocycles. The van der Waals surface area contributed by atoms with Gasteiger partial charge in [0.2, 0.25) is 10.0 Å². The van der Waals surface area contributed by atoms with E-state index in [-0.39, 0.29) is 12.0 Å². The normalized spacial score (nSPS) is 20.1. The van der Waals surface area contributed by atoms with Crippen LogP contribution in [-0.4, -0.2) is 40.1 Å². The molecule has 4 aromatic rings. The van der Waals surface area contributed by atoms with Gasteiger partial charge in [0.05, 0.1) is 16.0 Å². The Morgan fingerprint density at radius 2 is 1.84 bits per heavy atom. The summed E-state index contributed by atoms with van der Waals surface area (Å²) in [5.41, 5.74) is -0.505. The van der Waals surface area contributed by atoms with Crippen molar-refractivity contribution >= 4 is 20.9 Å². The van der Waals surface area contributed by atoms with Gasteiger partial charge in [0.15, 0.2) is 0 Å². The molecule has 2 aromatic carbocycles. The number of para-hydroxylation sites is 1. The third-order valence-corrected chi connectivity index (χ3v) is 8.09. The Labute approximate surface area is 214 Å². The number of hydrogen-bond acceptors (Lipinski definition) is 5. The first-order valence-corrected chi connectivity index (χ1v) is 13.1. The number of nitrogens with zero attached hydrogens (tertiary/aromatic N) is 4. The molecule has 1 aliphatic carbocycles. The van der Waals surface area contributed by atoms with Crippen LogP contribution in [0.1, 0.15) is 36.7 Å². The van der Waals surface area contributed by atoms with Crippen LogP contribution in [0.3, 0.4) is 0 Å². The highest BCUT2D eigenvalue weighted by atomic mass is 32.2. The fourth-order valence-electron chi connectivity index (χ4n) is 4.94. The second kappa shape index (κ2) is 9.38. The average molecular weight is 552 g/mol. The molecule has 0 unspecified atom stereocenters.